The number of hydrogen-bond acceptors (Lipinski definition) is 0. The molecule has 0 fully saturated rings. The van der Waals surface area contributed by atoms with Crippen molar-refractivity contribution in [3.63, 3.8) is 0 Å². The van der Waals surface area contributed by atoms with Crippen molar-refractivity contribution in [2.45, 2.75) is 33.1 Å². The molecule has 0 aliphatic carbocycles. The Hall–Kier alpha value is -0.920. The average molecular weight is 198 g/mol. The van der Waals surface area contributed by atoms with E-state index in [9.17, 15) is 8.78 Å². The van der Waals surface area contributed by atoms with Crippen LogP contribution in [0.5, 0.6) is 0 Å². The maximum atomic E-state index is 12.8. The Bertz CT molecular complexity index is 280. The van der Waals surface area contributed by atoms with Crippen molar-refractivity contribution >= 4 is 0 Å². The molecule has 2 heteroatoms. The normalized spacial score (nSPS) is 12.1. The SMILES string of the molecule is CC(C)Cc1ccc(C(C)(F)F)cc1. The molecule has 0 aliphatic rings. The van der Waals surface area contributed by atoms with Crippen LogP contribution in [0.4, 0.5) is 8.78 Å². The van der Waals surface area contributed by atoms with Gasteiger partial charge in [0.05, 0.1) is 0 Å². The van der Waals surface area contributed by atoms with Crippen LogP contribution in [0.3, 0.4) is 0 Å². The Labute approximate surface area is 84.0 Å². The highest BCUT2D eigenvalue weighted by molar-refractivity contribution is 5.25. The lowest BCUT2D eigenvalue weighted by molar-refractivity contribution is 0.0174. The first-order chi connectivity index (χ1) is 6.39. The van der Waals surface area contributed by atoms with Gasteiger partial charge in [0.1, 0.15) is 0 Å². The summed E-state index contributed by atoms with van der Waals surface area (Å²) in [5.41, 5.74) is 1.21. The topological polar surface area (TPSA) is 0 Å². The van der Waals surface area contributed by atoms with Gasteiger partial charge in [-0.1, -0.05) is 38.1 Å². The number of alkyl halides is 2. The summed E-state index contributed by atoms with van der Waals surface area (Å²) in [6.07, 6.45) is 0.940. The third-order valence-corrected chi connectivity index (χ3v) is 2.10. The first-order valence-corrected chi connectivity index (χ1v) is 4.87. The minimum Gasteiger partial charge on any atom is -0.202 e. The van der Waals surface area contributed by atoms with E-state index in [1.165, 1.54) is 12.1 Å². The Morgan fingerprint density at radius 3 is 2.00 bits per heavy atom. The zero-order valence-electron chi connectivity index (χ0n) is 8.85. The van der Waals surface area contributed by atoms with Crippen LogP contribution < -0.4 is 0 Å². The molecule has 0 heterocycles. The molecule has 0 atom stereocenters. The van der Waals surface area contributed by atoms with Crippen LogP contribution >= 0.6 is 0 Å². The highest BCUT2D eigenvalue weighted by Crippen LogP contribution is 2.27. The monoisotopic (exact) mass is 198 g/mol. The van der Waals surface area contributed by atoms with Gasteiger partial charge in [-0.05, 0) is 17.9 Å². The van der Waals surface area contributed by atoms with E-state index in [-0.39, 0.29) is 5.56 Å². The van der Waals surface area contributed by atoms with E-state index in [1.54, 1.807) is 12.1 Å². The summed E-state index contributed by atoms with van der Waals surface area (Å²) in [4.78, 5) is 0. The van der Waals surface area contributed by atoms with Gasteiger partial charge in [-0.15, -0.1) is 0 Å². The minimum absolute atomic E-state index is 0.0880. The van der Waals surface area contributed by atoms with Crippen molar-refractivity contribution in [2.75, 3.05) is 0 Å². The average Bonchev–Trinajstić information content (AvgIpc) is 2.02. The largest absolute Gasteiger partial charge is 0.270 e. The Kier molecular flexibility index (Phi) is 3.25. The molecule has 0 bridgehead atoms. The third-order valence-electron chi connectivity index (χ3n) is 2.10. The quantitative estimate of drug-likeness (QED) is 0.688. The van der Waals surface area contributed by atoms with Crippen molar-refractivity contribution < 1.29 is 8.78 Å². The Morgan fingerprint density at radius 1 is 1.14 bits per heavy atom. The summed E-state index contributed by atoms with van der Waals surface area (Å²) >= 11 is 0. The molecule has 0 spiro atoms. The van der Waals surface area contributed by atoms with Gasteiger partial charge < -0.3 is 0 Å². The van der Waals surface area contributed by atoms with Crippen molar-refractivity contribution in [1.29, 1.82) is 0 Å². The Morgan fingerprint density at radius 2 is 1.64 bits per heavy atom. The van der Waals surface area contributed by atoms with Crippen LogP contribution in [0.15, 0.2) is 24.3 Å². The molecule has 78 valence electrons. The summed E-state index contributed by atoms with van der Waals surface area (Å²) in [7, 11) is 0. The molecule has 1 aromatic rings. The van der Waals surface area contributed by atoms with Gasteiger partial charge in [0.15, 0.2) is 0 Å². The Balaban J connectivity index is 2.79. The molecule has 14 heavy (non-hydrogen) atoms. The second kappa shape index (κ2) is 4.07. The maximum absolute atomic E-state index is 12.8. The van der Waals surface area contributed by atoms with Gasteiger partial charge in [-0.25, -0.2) is 8.78 Å². The lowest BCUT2D eigenvalue weighted by atomic mass is 10.0. The van der Waals surface area contributed by atoms with E-state index >= 15 is 0 Å². The van der Waals surface area contributed by atoms with Crippen molar-refractivity contribution in [1.82, 2.24) is 0 Å². The van der Waals surface area contributed by atoms with Gasteiger partial charge in [-0.2, -0.15) is 0 Å². The summed E-state index contributed by atoms with van der Waals surface area (Å²) in [5, 5.41) is 0. The van der Waals surface area contributed by atoms with Crippen molar-refractivity contribution in [2.24, 2.45) is 5.92 Å². The molecule has 0 aliphatic heterocycles. The molecule has 1 aromatic carbocycles. The number of halogens is 2. The molecule has 0 saturated carbocycles. The second-order valence-electron chi connectivity index (χ2n) is 4.18. The van der Waals surface area contributed by atoms with Crippen molar-refractivity contribution in [3.8, 4) is 0 Å². The maximum Gasteiger partial charge on any atom is 0.270 e. The van der Waals surface area contributed by atoms with Crippen LogP contribution in [0.25, 0.3) is 0 Å². The molecule has 0 aromatic heterocycles. The molecule has 0 nitrogen and oxygen atoms in total. The molecular formula is C12H16F2. The number of benzene rings is 1. The van der Waals surface area contributed by atoms with Gasteiger partial charge in [-0.3, -0.25) is 0 Å². The summed E-state index contributed by atoms with van der Waals surface area (Å²) < 4.78 is 25.7. The third kappa shape index (κ3) is 3.09. The molecule has 0 saturated heterocycles. The first-order valence-electron chi connectivity index (χ1n) is 4.87. The predicted molar refractivity (Wildman–Crippen MR) is 54.6 cm³/mol. The van der Waals surface area contributed by atoms with E-state index in [2.05, 4.69) is 13.8 Å². The molecule has 0 unspecified atom stereocenters. The fourth-order valence-corrected chi connectivity index (χ4v) is 1.40. The van der Waals surface area contributed by atoms with Crippen molar-refractivity contribution in [3.05, 3.63) is 35.4 Å². The van der Waals surface area contributed by atoms with Crippen LogP contribution in [0.1, 0.15) is 31.9 Å². The van der Waals surface area contributed by atoms with E-state index in [4.69, 9.17) is 0 Å². The standard InChI is InChI=1S/C12H16F2/c1-9(2)8-10-4-6-11(7-5-10)12(3,13)14/h4-7,9H,8H2,1-3H3. The van der Waals surface area contributed by atoms with E-state index < -0.39 is 5.92 Å². The van der Waals surface area contributed by atoms with Crippen LogP contribution in [0.2, 0.25) is 0 Å². The summed E-state index contributed by atoms with van der Waals surface area (Å²) in [6.45, 7) is 5.15. The molecule has 0 amide bonds. The zero-order chi connectivity index (χ0) is 10.8. The first kappa shape index (κ1) is 11.2. The fraction of sp³-hybridized carbons (Fsp3) is 0.500. The minimum atomic E-state index is -2.73. The van der Waals surface area contributed by atoms with Gasteiger partial charge in [0.2, 0.25) is 0 Å². The molecule has 0 N–H and O–H groups in total. The smallest absolute Gasteiger partial charge is 0.202 e. The predicted octanol–water partition coefficient (Wildman–Crippen LogP) is 4.00. The highest BCUT2D eigenvalue weighted by atomic mass is 19.3. The summed E-state index contributed by atoms with van der Waals surface area (Å²) in [5.74, 6) is -2.17. The van der Waals surface area contributed by atoms with Gasteiger partial charge in [0, 0.05) is 12.5 Å². The highest BCUT2D eigenvalue weighted by Gasteiger charge is 2.23. The lowest BCUT2D eigenvalue weighted by Gasteiger charge is -2.11. The second-order valence-corrected chi connectivity index (χ2v) is 4.18. The number of rotatable bonds is 3. The molecule has 0 radical (unpaired) electrons. The summed E-state index contributed by atoms with van der Waals surface area (Å²) in [6, 6.07) is 6.59. The zero-order valence-corrected chi connectivity index (χ0v) is 8.85. The lowest BCUT2D eigenvalue weighted by Crippen LogP contribution is -2.06. The fourth-order valence-electron chi connectivity index (χ4n) is 1.40. The van der Waals surface area contributed by atoms with Gasteiger partial charge >= 0.3 is 0 Å². The molecular weight excluding hydrogens is 182 g/mol. The van der Waals surface area contributed by atoms with E-state index in [1.807, 2.05) is 0 Å². The van der Waals surface area contributed by atoms with Gasteiger partial charge in [0.25, 0.3) is 5.92 Å². The number of hydrogen-bond donors (Lipinski definition) is 0. The van der Waals surface area contributed by atoms with Crippen LogP contribution in [-0.4, -0.2) is 0 Å². The van der Waals surface area contributed by atoms with E-state index in [0.29, 0.717) is 5.92 Å². The van der Waals surface area contributed by atoms with Crippen LogP contribution in [-0.2, 0) is 12.3 Å². The van der Waals surface area contributed by atoms with E-state index in [0.717, 1.165) is 18.9 Å². The molecule has 1 rings (SSSR count). The van der Waals surface area contributed by atoms with Crippen LogP contribution in [0, 0.1) is 5.92 Å².